The Hall–Kier alpha value is -0.0900. The highest BCUT2D eigenvalue weighted by atomic mass is 32.2. The van der Waals surface area contributed by atoms with Gasteiger partial charge in [-0.1, -0.05) is 0 Å². The summed E-state index contributed by atoms with van der Waals surface area (Å²) in [6.45, 7) is 0.991. The molecule has 2 unspecified atom stereocenters. The van der Waals surface area contributed by atoms with Crippen LogP contribution in [-0.2, 0) is 9.84 Å². The molecule has 0 aromatic heterocycles. The van der Waals surface area contributed by atoms with Crippen molar-refractivity contribution in [3.63, 3.8) is 0 Å². The van der Waals surface area contributed by atoms with E-state index in [4.69, 9.17) is 0 Å². The molecule has 2 aliphatic rings. The molecule has 2 rings (SSSR count). The van der Waals surface area contributed by atoms with Gasteiger partial charge in [0, 0.05) is 0 Å². The van der Waals surface area contributed by atoms with Crippen LogP contribution in [0, 0.1) is 17.8 Å². The molecule has 2 atom stereocenters. The number of hydrogen-bond acceptors (Lipinski definition) is 3. The summed E-state index contributed by atoms with van der Waals surface area (Å²) in [6.07, 6.45) is 3.51. The molecule has 82 valence electrons. The minimum atomic E-state index is -2.69. The first-order chi connectivity index (χ1) is 6.62. The first-order valence-corrected chi connectivity index (χ1v) is 7.29. The Balaban J connectivity index is 1.98. The van der Waals surface area contributed by atoms with Gasteiger partial charge in [-0.3, -0.25) is 0 Å². The molecule has 0 amide bonds. The van der Waals surface area contributed by atoms with E-state index in [1.165, 1.54) is 12.8 Å². The molecule has 0 aromatic rings. The molecule has 0 aromatic carbocycles. The topological polar surface area (TPSA) is 46.2 Å². The summed E-state index contributed by atoms with van der Waals surface area (Å²) >= 11 is 0. The van der Waals surface area contributed by atoms with Crippen LogP contribution in [0.25, 0.3) is 0 Å². The molecule has 14 heavy (non-hydrogen) atoms. The Morgan fingerprint density at radius 1 is 1.29 bits per heavy atom. The third-order valence-corrected chi connectivity index (χ3v) is 5.33. The summed E-state index contributed by atoms with van der Waals surface area (Å²) < 4.78 is 22.7. The molecule has 0 radical (unpaired) electrons. The first-order valence-electron chi connectivity index (χ1n) is 5.47. The predicted octanol–water partition coefficient (Wildman–Crippen LogP) is 0.667. The molecule has 4 heteroatoms. The summed E-state index contributed by atoms with van der Waals surface area (Å²) in [5.74, 6) is 2.71. The summed E-state index contributed by atoms with van der Waals surface area (Å²) in [5, 5.41) is 3.20. The van der Waals surface area contributed by atoms with E-state index in [0.29, 0.717) is 23.3 Å². The lowest BCUT2D eigenvalue weighted by atomic mass is 9.87. The minimum Gasteiger partial charge on any atom is -0.319 e. The molecule has 1 saturated carbocycles. The van der Waals surface area contributed by atoms with Gasteiger partial charge < -0.3 is 5.32 Å². The van der Waals surface area contributed by atoms with Crippen LogP contribution in [0.3, 0.4) is 0 Å². The molecular formula is C10H19NO2S. The molecule has 1 heterocycles. The molecule has 1 aliphatic heterocycles. The lowest BCUT2D eigenvalue weighted by molar-refractivity contribution is 0.315. The highest BCUT2D eigenvalue weighted by Gasteiger charge is 2.40. The van der Waals surface area contributed by atoms with Gasteiger partial charge in [0.2, 0.25) is 0 Å². The van der Waals surface area contributed by atoms with E-state index in [9.17, 15) is 8.42 Å². The van der Waals surface area contributed by atoms with Crippen molar-refractivity contribution in [2.24, 2.45) is 17.8 Å². The second-order valence-corrected chi connectivity index (χ2v) is 6.95. The zero-order valence-corrected chi connectivity index (χ0v) is 9.52. The van der Waals surface area contributed by atoms with Crippen LogP contribution in [0.2, 0.25) is 0 Å². The van der Waals surface area contributed by atoms with Gasteiger partial charge in [0.05, 0.1) is 11.5 Å². The van der Waals surface area contributed by atoms with Crippen LogP contribution in [0.5, 0.6) is 0 Å². The maximum Gasteiger partial charge on any atom is 0.150 e. The molecule has 1 saturated heterocycles. The Bertz CT molecular complexity index is 295. The summed E-state index contributed by atoms with van der Waals surface area (Å²) in [6, 6.07) is 0. The van der Waals surface area contributed by atoms with E-state index in [1.807, 2.05) is 7.05 Å². The average Bonchev–Trinajstić information content (AvgIpc) is 2.87. The Morgan fingerprint density at radius 2 is 2.00 bits per heavy atom. The highest BCUT2D eigenvalue weighted by Crippen LogP contribution is 2.43. The maximum atomic E-state index is 11.4. The fourth-order valence-corrected chi connectivity index (χ4v) is 4.53. The van der Waals surface area contributed by atoms with Gasteiger partial charge >= 0.3 is 0 Å². The van der Waals surface area contributed by atoms with E-state index < -0.39 is 9.84 Å². The zero-order valence-electron chi connectivity index (χ0n) is 8.70. The SMILES string of the molecule is CNCC(C1CC1)C1CCS(=O)(=O)C1. The van der Waals surface area contributed by atoms with Gasteiger partial charge in [0.1, 0.15) is 0 Å². The smallest absolute Gasteiger partial charge is 0.150 e. The summed E-state index contributed by atoms with van der Waals surface area (Å²) in [4.78, 5) is 0. The highest BCUT2D eigenvalue weighted by molar-refractivity contribution is 7.91. The van der Waals surface area contributed by atoms with Crippen LogP contribution < -0.4 is 5.32 Å². The van der Waals surface area contributed by atoms with E-state index in [0.717, 1.165) is 18.9 Å². The number of nitrogens with one attached hydrogen (secondary N) is 1. The standard InChI is InChI=1S/C10H19NO2S/c1-11-6-10(8-2-3-8)9-4-5-14(12,13)7-9/h8-11H,2-7H2,1H3. The fraction of sp³-hybridized carbons (Fsp3) is 1.00. The Kier molecular flexibility index (Phi) is 2.84. The molecule has 0 spiro atoms. The molecular weight excluding hydrogens is 198 g/mol. The van der Waals surface area contributed by atoms with Crippen LogP contribution in [-0.4, -0.2) is 33.5 Å². The second-order valence-electron chi connectivity index (χ2n) is 4.72. The third-order valence-electron chi connectivity index (χ3n) is 3.54. The lowest BCUT2D eigenvalue weighted by Crippen LogP contribution is -2.28. The normalized spacial score (nSPS) is 33.1. The zero-order chi connectivity index (χ0) is 10.2. The van der Waals surface area contributed by atoms with Crippen LogP contribution >= 0.6 is 0 Å². The Labute approximate surface area is 86.2 Å². The monoisotopic (exact) mass is 217 g/mol. The van der Waals surface area contributed by atoms with Gasteiger partial charge in [0.25, 0.3) is 0 Å². The van der Waals surface area contributed by atoms with Gasteiger partial charge in [-0.15, -0.1) is 0 Å². The summed E-state index contributed by atoms with van der Waals surface area (Å²) in [7, 11) is -0.735. The van der Waals surface area contributed by atoms with Crippen LogP contribution in [0.4, 0.5) is 0 Å². The first kappa shape index (κ1) is 10.4. The quantitative estimate of drug-likeness (QED) is 0.753. The van der Waals surface area contributed by atoms with Crippen LogP contribution in [0.15, 0.2) is 0 Å². The maximum absolute atomic E-state index is 11.4. The molecule has 0 bridgehead atoms. The van der Waals surface area contributed by atoms with E-state index in [2.05, 4.69) is 5.32 Å². The van der Waals surface area contributed by atoms with Gasteiger partial charge in [0.15, 0.2) is 9.84 Å². The van der Waals surface area contributed by atoms with Crippen molar-refractivity contribution in [1.82, 2.24) is 5.32 Å². The van der Waals surface area contributed by atoms with Crippen molar-refractivity contribution in [2.45, 2.75) is 19.3 Å². The van der Waals surface area contributed by atoms with Gasteiger partial charge in [-0.25, -0.2) is 8.42 Å². The lowest BCUT2D eigenvalue weighted by Gasteiger charge is -2.21. The van der Waals surface area contributed by atoms with Crippen molar-refractivity contribution < 1.29 is 8.42 Å². The van der Waals surface area contributed by atoms with Crippen molar-refractivity contribution in [3.8, 4) is 0 Å². The van der Waals surface area contributed by atoms with Crippen LogP contribution in [0.1, 0.15) is 19.3 Å². The molecule has 1 N–H and O–H groups in total. The number of sulfone groups is 1. The second kappa shape index (κ2) is 3.81. The Morgan fingerprint density at radius 3 is 2.43 bits per heavy atom. The average molecular weight is 217 g/mol. The van der Waals surface area contributed by atoms with Gasteiger partial charge in [-0.05, 0) is 50.6 Å². The number of rotatable bonds is 4. The predicted molar refractivity (Wildman–Crippen MR) is 56.9 cm³/mol. The fourth-order valence-electron chi connectivity index (χ4n) is 2.64. The molecule has 1 aliphatic carbocycles. The minimum absolute atomic E-state index is 0.421. The van der Waals surface area contributed by atoms with E-state index >= 15 is 0 Å². The number of hydrogen-bond donors (Lipinski definition) is 1. The van der Waals surface area contributed by atoms with E-state index in [1.54, 1.807) is 0 Å². The van der Waals surface area contributed by atoms with E-state index in [-0.39, 0.29) is 0 Å². The molecule has 3 nitrogen and oxygen atoms in total. The van der Waals surface area contributed by atoms with Crippen molar-refractivity contribution in [1.29, 1.82) is 0 Å². The van der Waals surface area contributed by atoms with Crippen molar-refractivity contribution in [2.75, 3.05) is 25.1 Å². The van der Waals surface area contributed by atoms with Crippen molar-refractivity contribution in [3.05, 3.63) is 0 Å². The van der Waals surface area contributed by atoms with Crippen molar-refractivity contribution >= 4 is 9.84 Å². The largest absolute Gasteiger partial charge is 0.319 e. The third kappa shape index (κ3) is 2.28. The summed E-state index contributed by atoms with van der Waals surface area (Å²) in [5.41, 5.74) is 0. The van der Waals surface area contributed by atoms with Gasteiger partial charge in [-0.2, -0.15) is 0 Å². The molecule has 2 fully saturated rings.